The van der Waals surface area contributed by atoms with Crippen molar-refractivity contribution in [3.63, 3.8) is 0 Å². The highest BCUT2D eigenvalue weighted by molar-refractivity contribution is 7.08. The van der Waals surface area contributed by atoms with Crippen LogP contribution in [-0.2, 0) is 4.74 Å². The summed E-state index contributed by atoms with van der Waals surface area (Å²) in [5, 5.41) is 4.24. The first-order chi connectivity index (χ1) is 15.2. The number of benzene rings is 2. The molecule has 0 spiro atoms. The van der Waals surface area contributed by atoms with Crippen molar-refractivity contribution >= 4 is 40.4 Å². The van der Waals surface area contributed by atoms with Crippen LogP contribution >= 0.6 is 22.9 Å². The molecule has 168 valence electrons. The molecule has 3 aromatic rings. The van der Waals surface area contributed by atoms with E-state index in [4.69, 9.17) is 16.3 Å². The number of thiophene rings is 1. The van der Waals surface area contributed by atoms with Gasteiger partial charge in [-0.1, -0.05) is 23.7 Å². The van der Waals surface area contributed by atoms with Gasteiger partial charge in [0.2, 0.25) is 0 Å². The molecule has 1 amide bonds. The van der Waals surface area contributed by atoms with Crippen LogP contribution in [0.25, 0.3) is 11.1 Å². The smallest absolute Gasteiger partial charge is 0.410 e. The van der Waals surface area contributed by atoms with Crippen LogP contribution in [-0.4, -0.2) is 35.7 Å². The second-order valence-corrected chi connectivity index (χ2v) is 10.1. The molecule has 1 atom stereocenters. The Balaban J connectivity index is 1.63. The van der Waals surface area contributed by atoms with E-state index in [0.29, 0.717) is 13.1 Å². The summed E-state index contributed by atoms with van der Waals surface area (Å²) in [7, 11) is 0. The van der Waals surface area contributed by atoms with Gasteiger partial charge in [0.1, 0.15) is 11.4 Å². The first-order valence-corrected chi connectivity index (χ1v) is 11.9. The summed E-state index contributed by atoms with van der Waals surface area (Å²) in [4.78, 5) is 16.5. The molecular weight excluding hydrogens is 447 g/mol. The Morgan fingerprint density at radius 1 is 1.12 bits per heavy atom. The Kier molecular flexibility index (Phi) is 6.45. The summed E-state index contributed by atoms with van der Waals surface area (Å²) in [5.41, 5.74) is 3.51. The zero-order valence-electron chi connectivity index (χ0n) is 18.3. The van der Waals surface area contributed by atoms with E-state index in [9.17, 15) is 9.18 Å². The molecule has 7 heteroatoms. The lowest BCUT2D eigenvalue weighted by molar-refractivity contribution is 0.0293. The lowest BCUT2D eigenvalue weighted by atomic mass is 10.1. The molecule has 1 aliphatic heterocycles. The average molecular weight is 473 g/mol. The maximum atomic E-state index is 13.9. The Morgan fingerprint density at radius 2 is 1.84 bits per heavy atom. The Morgan fingerprint density at radius 3 is 2.47 bits per heavy atom. The highest BCUT2D eigenvalue weighted by Gasteiger charge is 2.34. The van der Waals surface area contributed by atoms with E-state index >= 15 is 0 Å². The molecule has 0 saturated carbocycles. The molecular formula is C25H26ClFN2O2S. The van der Waals surface area contributed by atoms with Gasteiger partial charge >= 0.3 is 6.09 Å². The monoisotopic (exact) mass is 472 g/mol. The third-order valence-corrected chi connectivity index (χ3v) is 6.33. The standard InChI is InChI=1S/C25H26ClFN2O2S/c1-25(2,3)31-24(30)28-12-10-21(15-28)29(20-8-9-23(27)22(26)14-20)19-6-4-17(5-7-19)18-11-13-32-16-18/h4-9,11,13-14,16,21H,10,12,15H2,1-3H3/t21-/m0/s1. The molecule has 0 N–H and O–H groups in total. The van der Waals surface area contributed by atoms with Crippen LogP contribution in [0.2, 0.25) is 5.02 Å². The number of anilines is 2. The summed E-state index contributed by atoms with van der Waals surface area (Å²) in [6.07, 6.45) is 0.449. The van der Waals surface area contributed by atoms with Crippen LogP contribution in [0, 0.1) is 5.82 Å². The quantitative estimate of drug-likeness (QED) is 0.397. The van der Waals surface area contributed by atoms with E-state index in [2.05, 4.69) is 46.0 Å². The normalized spacial score (nSPS) is 16.3. The molecule has 0 bridgehead atoms. The fourth-order valence-corrected chi connectivity index (χ4v) is 4.73. The minimum absolute atomic E-state index is 0.0102. The summed E-state index contributed by atoms with van der Waals surface area (Å²) in [6, 6.07) is 15.1. The van der Waals surface area contributed by atoms with Crippen molar-refractivity contribution in [2.24, 2.45) is 0 Å². The van der Waals surface area contributed by atoms with Crippen LogP contribution in [0.3, 0.4) is 0 Å². The zero-order valence-corrected chi connectivity index (χ0v) is 19.9. The number of halogens is 2. The van der Waals surface area contributed by atoms with Crippen LogP contribution in [0.1, 0.15) is 27.2 Å². The van der Waals surface area contributed by atoms with E-state index in [0.717, 1.165) is 23.4 Å². The number of hydrogen-bond acceptors (Lipinski definition) is 4. The molecule has 1 saturated heterocycles. The third kappa shape index (κ3) is 5.08. The van der Waals surface area contributed by atoms with Crippen molar-refractivity contribution in [2.45, 2.75) is 38.8 Å². The van der Waals surface area contributed by atoms with Gasteiger partial charge in [-0.05, 0) is 85.5 Å². The van der Waals surface area contributed by atoms with E-state index in [-0.39, 0.29) is 17.2 Å². The highest BCUT2D eigenvalue weighted by atomic mass is 35.5. The predicted octanol–water partition coefficient (Wildman–Crippen LogP) is 7.36. The number of ether oxygens (including phenoxy) is 1. The summed E-state index contributed by atoms with van der Waals surface area (Å²) < 4.78 is 19.4. The Hall–Kier alpha value is -2.57. The molecule has 0 unspecified atom stereocenters. The number of carbonyl (C=O) groups excluding carboxylic acids is 1. The van der Waals surface area contributed by atoms with Crippen LogP contribution in [0.15, 0.2) is 59.3 Å². The van der Waals surface area contributed by atoms with Gasteiger partial charge in [0, 0.05) is 24.5 Å². The van der Waals surface area contributed by atoms with Gasteiger partial charge in [0.15, 0.2) is 0 Å². The molecule has 4 nitrogen and oxygen atoms in total. The Labute approximate surface area is 197 Å². The van der Waals surface area contributed by atoms with E-state index < -0.39 is 11.4 Å². The number of carbonyl (C=O) groups is 1. The molecule has 0 aliphatic carbocycles. The summed E-state index contributed by atoms with van der Waals surface area (Å²) in [6.45, 7) is 6.69. The van der Waals surface area contributed by atoms with Crippen LogP contribution in [0.4, 0.5) is 20.6 Å². The van der Waals surface area contributed by atoms with E-state index in [1.165, 1.54) is 11.6 Å². The van der Waals surface area contributed by atoms with Gasteiger partial charge < -0.3 is 14.5 Å². The molecule has 0 radical (unpaired) electrons. The number of rotatable bonds is 4. The van der Waals surface area contributed by atoms with Crippen molar-refractivity contribution in [2.75, 3.05) is 18.0 Å². The molecule has 4 rings (SSSR count). The van der Waals surface area contributed by atoms with Gasteiger partial charge in [0.05, 0.1) is 11.1 Å². The minimum Gasteiger partial charge on any atom is -0.444 e. The molecule has 2 heterocycles. The summed E-state index contributed by atoms with van der Waals surface area (Å²) in [5.74, 6) is -0.454. The third-order valence-electron chi connectivity index (χ3n) is 5.36. The van der Waals surface area contributed by atoms with Crippen molar-refractivity contribution in [1.82, 2.24) is 4.90 Å². The first kappa shape index (κ1) is 22.6. The predicted molar refractivity (Wildman–Crippen MR) is 130 cm³/mol. The highest BCUT2D eigenvalue weighted by Crippen LogP contribution is 2.35. The second kappa shape index (κ2) is 9.12. The second-order valence-electron chi connectivity index (χ2n) is 8.90. The fraction of sp³-hybridized carbons (Fsp3) is 0.320. The lowest BCUT2D eigenvalue weighted by Gasteiger charge is -2.32. The number of nitrogens with zero attached hydrogens (tertiary/aromatic N) is 2. The molecule has 1 fully saturated rings. The zero-order chi connectivity index (χ0) is 22.9. The maximum absolute atomic E-state index is 13.9. The van der Waals surface area contributed by atoms with Gasteiger partial charge in [0.25, 0.3) is 0 Å². The molecule has 1 aliphatic rings. The Bertz CT molecular complexity index is 1080. The molecule has 32 heavy (non-hydrogen) atoms. The minimum atomic E-state index is -0.545. The van der Waals surface area contributed by atoms with E-state index in [1.807, 2.05) is 20.8 Å². The lowest BCUT2D eigenvalue weighted by Crippen LogP contribution is -2.39. The topological polar surface area (TPSA) is 32.8 Å². The van der Waals surface area contributed by atoms with Crippen LogP contribution < -0.4 is 4.90 Å². The van der Waals surface area contributed by atoms with Crippen LogP contribution in [0.5, 0.6) is 0 Å². The average Bonchev–Trinajstić information content (AvgIpc) is 3.43. The van der Waals surface area contributed by atoms with E-state index in [1.54, 1.807) is 28.4 Å². The molecule has 2 aromatic carbocycles. The first-order valence-electron chi connectivity index (χ1n) is 10.6. The number of likely N-dealkylation sites (tertiary alicyclic amines) is 1. The SMILES string of the molecule is CC(C)(C)OC(=O)N1CC[C@H](N(c2ccc(-c3ccsc3)cc2)c2ccc(F)c(Cl)c2)C1. The van der Waals surface area contributed by atoms with Crippen molar-refractivity contribution < 1.29 is 13.9 Å². The molecule has 1 aromatic heterocycles. The maximum Gasteiger partial charge on any atom is 0.410 e. The van der Waals surface area contributed by atoms with Crippen molar-refractivity contribution in [1.29, 1.82) is 0 Å². The van der Waals surface area contributed by atoms with Crippen molar-refractivity contribution in [3.8, 4) is 11.1 Å². The fourth-order valence-electron chi connectivity index (χ4n) is 3.89. The van der Waals surface area contributed by atoms with Gasteiger partial charge in [-0.2, -0.15) is 11.3 Å². The van der Waals surface area contributed by atoms with Crippen molar-refractivity contribution in [3.05, 3.63) is 70.1 Å². The largest absolute Gasteiger partial charge is 0.444 e. The van der Waals surface area contributed by atoms with Gasteiger partial charge in [-0.25, -0.2) is 9.18 Å². The summed E-state index contributed by atoms with van der Waals surface area (Å²) >= 11 is 7.77. The van der Waals surface area contributed by atoms with Gasteiger partial charge in [-0.3, -0.25) is 0 Å². The number of hydrogen-bond donors (Lipinski definition) is 0. The number of amides is 1. The van der Waals surface area contributed by atoms with Gasteiger partial charge in [-0.15, -0.1) is 0 Å².